The monoisotopic (exact) mass is 425 g/mol. The summed E-state index contributed by atoms with van der Waals surface area (Å²) in [5.74, 6) is 1.08. The van der Waals surface area contributed by atoms with Crippen LogP contribution in [0.1, 0.15) is 28.8 Å². The molecule has 3 aromatic rings. The minimum atomic E-state index is -0.162. The fourth-order valence-corrected chi connectivity index (χ4v) is 3.76. The Kier molecular flexibility index (Phi) is 6.47. The summed E-state index contributed by atoms with van der Waals surface area (Å²) >= 11 is 0. The molecule has 1 saturated heterocycles. The molecule has 0 radical (unpaired) electrons. The minimum Gasteiger partial charge on any atom is -0.457 e. The second-order valence-corrected chi connectivity index (χ2v) is 7.65. The van der Waals surface area contributed by atoms with Crippen molar-refractivity contribution in [3.05, 3.63) is 90.0 Å². The van der Waals surface area contributed by atoms with Crippen molar-refractivity contribution in [1.82, 2.24) is 4.90 Å². The van der Waals surface area contributed by atoms with E-state index in [1.165, 1.54) is 0 Å². The van der Waals surface area contributed by atoms with Gasteiger partial charge >= 0.3 is 0 Å². The van der Waals surface area contributed by atoms with Gasteiger partial charge in [-0.05, 0) is 61.4 Å². The van der Waals surface area contributed by atoms with Crippen LogP contribution in [0, 0.1) is 17.2 Å². The maximum atomic E-state index is 12.8. The Hall–Kier alpha value is -4.11. The first-order valence-electron chi connectivity index (χ1n) is 10.6. The number of piperidine rings is 1. The van der Waals surface area contributed by atoms with Crippen molar-refractivity contribution in [3.8, 4) is 17.6 Å². The predicted octanol–water partition coefficient (Wildman–Crippen LogP) is 4.84. The molecule has 0 unspecified atom stereocenters. The number of ether oxygens (including phenoxy) is 1. The topological polar surface area (TPSA) is 82.4 Å². The molecular formula is C26H23N3O3. The number of carbonyl (C=O) groups excluding carboxylic acids is 2. The van der Waals surface area contributed by atoms with Gasteiger partial charge in [0.05, 0.1) is 17.2 Å². The third kappa shape index (κ3) is 4.96. The zero-order valence-electron chi connectivity index (χ0n) is 17.5. The highest BCUT2D eigenvalue weighted by atomic mass is 16.5. The predicted molar refractivity (Wildman–Crippen MR) is 121 cm³/mol. The molecule has 0 bridgehead atoms. The lowest BCUT2D eigenvalue weighted by molar-refractivity contribution is -0.121. The average molecular weight is 425 g/mol. The fraction of sp³-hybridized carbons (Fsp3) is 0.192. The summed E-state index contributed by atoms with van der Waals surface area (Å²) in [6, 6.07) is 25.6. The normalized spacial score (nSPS) is 13.8. The summed E-state index contributed by atoms with van der Waals surface area (Å²) < 4.78 is 5.77. The van der Waals surface area contributed by atoms with Crippen LogP contribution in [0.4, 0.5) is 5.69 Å². The first-order chi connectivity index (χ1) is 15.6. The number of carbonyl (C=O) groups is 2. The van der Waals surface area contributed by atoms with E-state index in [0.717, 1.165) is 5.75 Å². The molecule has 160 valence electrons. The number of amides is 2. The van der Waals surface area contributed by atoms with Crippen LogP contribution in [0.15, 0.2) is 78.9 Å². The third-order valence-corrected chi connectivity index (χ3v) is 5.53. The first kappa shape index (κ1) is 21.1. The molecule has 1 aliphatic rings. The molecule has 0 aromatic heterocycles. The van der Waals surface area contributed by atoms with Gasteiger partial charge in [0.25, 0.3) is 5.91 Å². The van der Waals surface area contributed by atoms with Crippen molar-refractivity contribution in [2.45, 2.75) is 12.8 Å². The Morgan fingerprint density at radius 1 is 0.875 bits per heavy atom. The Morgan fingerprint density at radius 3 is 2.19 bits per heavy atom. The van der Waals surface area contributed by atoms with Crippen molar-refractivity contribution in [2.24, 2.45) is 5.92 Å². The molecule has 1 aliphatic heterocycles. The molecule has 6 nitrogen and oxygen atoms in total. The van der Waals surface area contributed by atoms with Crippen LogP contribution in [0.5, 0.6) is 11.5 Å². The number of para-hydroxylation sites is 1. The summed E-state index contributed by atoms with van der Waals surface area (Å²) in [6.07, 6.45) is 1.17. The molecule has 6 heteroatoms. The lowest BCUT2D eigenvalue weighted by atomic mass is 9.95. The molecule has 3 aromatic carbocycles. The maximum Gasteiger partial charge on any atom is 0.255 e. The van der Waals surface area contributed by atoms with Gasteiger partial charge in [0.15, 0.2) is 0 Å². The number of nitrogens with one attached hydrogen (secondary N) is 1. The van der Waals surface area contributed by atoms with E-state index in [0.29, 0.717) is 48.5 Å². The molecule has 0 aliphatic carbocycles. The molecule has 0 spiro atoms. The minimum absolute atomic E-state index is 0.0498. The van der Waals surface area contributed by atoms with Gasteiger partial charge in [-0.2, -0.15) is 5.26 Å². The van der Waals surface area contributed by atoms with E-state index in [1.807, 2.05) is 54.6 Å². The molecular weight excluding hydrogens is 402 g/mol. The van der Waals surface area contributed by atoms with Crippen LogP contribution >= 0.6 is 0 Å². The summed E-state index contributed by atoms with van der Waals surface area (Å²) in [4.78, 5) is 27.2. The van der Waals surface area contributed by atoms with Crippen LogP contribution in [-0.2, 0) is 4.79 Å². The van der Waals surface area contributed by atoms with Crippen molar-refractivity contribution in [2.75, 3.05) is 18.4 Å². The second-order valence-electron chi connectivity index (χ2n) is 7.65. The van der Waals surface area contributed by atoms with E-state index in [1.54, 1.807) is 29.2 Å². The van der Waals surface area contributed by atoms with Gasteiger partial charge in [0.1, 0.15) is 11.5 Å². The number of hydrogen-bond donors (Lipinski definition) is 1. The van der Waals surface area contributed by atoms with Crippen LogP contribution < -0.4 is 10.1 Å². The number of anilines is 1. The van der Waals surface area contributed by atoms with E-state index < -0.39 is 0 Å². The van der Waals surface area contributed by atoms with Gasteiger partial charge in [-0.3, -0.25) is 9.59 Å². The summed E-state index contributed by atoms with van der Waals surface area (Å²) in [5, 5.41) is 12.2. The van der Waals surface area contributed by atoms with Crippen molar-refractivity contribution in [1.29, 1.82) is 5.26 Å². The van der Waals surface area contributed by atoms with Gasteiger partial charge in [-0.1, -0.05) is 30.3 Å². The third-order valence-electron chi connectivity index (χ3n) is 5.53. The smallest absolute Gasteiger partial charge is 0.255 e. The number of nitrogens with zero attached hydrogens (tertiary/aromatic N) is 2. The lowest BCUT2D eigenvalue weighted by Gasteiger charge is -2.31. The Balaban J connectivity index is 1.30. The molecule has 0 saturated carbocycles. The van der Waals surface area contributed by atoms with Gasteiger partial charge in [0, 0.05) is 24.7 Å². The Bertz CT molecular complexity index is 1130. The number of rotatable bonds is 5. The highest BCUT2D eigenvalue weighted by Gasteiger charge is 2.28. The number of hydrogen-bond acceptors (Lipinski definition) is 4. The summed E-state index contributed by atoms with van der Waals surface area (Å²) in [5.41, 5.74) is 1.49. The highest BCUT2D eigenvalue weighted by Crippen LogP contribution is 2.25. The number of likely N-dealkylation sites (tertiary alicyclic amines) is 1. The van der Waals surface area contributed by atoms with Crippen LogP contribution in [-0.4, -0.2) is 29.8 Å². The SMILES string of the molecule is N#Cc1ccccc1C(=O)N1CCC(C(=O)Nc2ccc(Oc3ccccc3)cc2)CC1. The van der Waals surface area contributed by atoms with E-state index >= 15 is 0 Å². The van der Waals surface area contributed by atoms with Gasteiger partial charge in [-0.25, -0.2) is 0 Å². The zero-order valence-corrected chi connectivity index (χ0v) is 17.5. The van der Waals surface area contributed by atoms with Crippen molar-refractivity contribution in [3.63, 3.8) is 0 Å². The molecule has 1 heterocycles. The molecule has 1 N–H and O–H groups in total. The van der Waals surface area contributed by atoms with E-state index in [4.69, 9.17) is 4.74 Å². The van der Waals surface area contributed by atoms with Crippen molar-refractivity contribution >= 4 is 17.5 Å². The first-order valence-corrected chi connectivity index (χ1v) is 10.6. The molecule has 32 heavy (non-hydrogen) atoms. The standard InChI is InChI=1S/C26H23N3O3/c27-18-20-6-4-5-9-24(20)26(31)29-16-14-19(15-17-29)25(30)28-21-10-12-23(13-11-21)32-22-7-2-1-3-8-22/h1-13,19H,14-17H2,(H,28,30). The van der Waals surface area contributed by atoms with E-state index in [-0.39, 0.29) is 17.7 Å². The fourth-order valence-electron chi connectivity index (χ4n) is 3.76. The van der Waals surface area contributed by atoms with Crippen LogP contribution in [0.25, 0.3) is 0 Å². The van der Waals surface area contributed by atoms with Crippen molar-refractivity contribution < 1.29 is 14.3 Å². The van der Waals surface area contributed by atoms with E-state index in [9.17, 15) is 14.9 Å². The molecule has 4 rings (SSSR count). The molecule has 0 atom stereocenters. The van der Waals surface area contributed by atoms with Gasteiger partial charge in [0.2, 0.25) is 5.91 Å². The maximum absolute atomic E-state index is 12.8. The zero-order chi connectivity index (χ0) is 22.3. The Labute approximate surface area is 187 Å². The Morgan fingerprint density at radius 2 is 1.50 bits per heavy atom. The largest absolute Gasteiger partial charge is 0.457 e. The molecule has 2 amide bonds. The molecule has 1 fully saturated rings. The van der Waals surface area contributed by atoms with Crippen LogP contribution in [0.2, 0.25) is 0 Å². The van der Waals surface area contributed by atoms with Gasteiger partial charge < -0.3 is 15.0 Å². The lowest BCUT2D eigenvalue weighted by Crippen LogP contribution is -2.41. The summed E-state index contributed by atoms with van der Waals surface area (Å²) in [6.45, 7) is 0.973. The van der Waals surface area contributed by atoms with Gasteiger partial charge in [-0.15, -0.1) is 0 Å². The second kappa shape index (κ2) is 9.80. The van der Waals surface area contributed by atoms with Crippen LogP contribution in [0.3, 0.4) is 0 Å². The quantitative estimate of drug-likeness (QED) is 0.634. The average Bonchev–Trinajstić information content (AvgIpc) is 2.85. The highest BCUT2D eigenvalue weighted by molar-refractivity contribution is 5.97. The summed E-state index contributed by atoms with van der Waals surface area (Å²) in [7, 11) is 0. The number of benzene rings is 3. The van der Waals surface area contributed by atoms with E-state index in [2.05, 4.69) is 11.4 Å². The number of nitriles is 1.